The molecule has 0 aliphatic carbocycles. The summed E-state index contributed by atoms with van der Waals surface area (Å²) in [6.07, 6.45) is 3.85. The molecule has 1 rings (SSSR count). The Hall–Kier alpha value is -1.91. The third-order valence-electron chi connectivity index (χ3n) is 1.94. The monoisotopic (exact) mass is 221 g/mol. The van der Waals surface area contributed by atoms with Gasteiger partial charge in [0.1, 0.15) is 0 Å². The van der Waals surface area contributed by atoms with Crippen molar-refractivity contribution in [2.75, 3.05) is 13.1 Å². The topological polar surface area (TPSA) is 71.1 Å². The normalized spacial score (nSPS) is 9.56. The smallest absolute Gasteiger partial charge is 0.252 e. The number of nitrogens with one attached hydrogen (secondary N) is 2. The minimum Gasteiger partial charge on any atom is -0.356 e. The molecule has 0 spiro atoms. The highest BCUT2D eigenvalue weighted by atomic mass is 16.2. The van der Waals surface area contributed by atoms with E-state index in [0.29, 0.717) is 25.1 Å². The number of amides is 2. The number of pyridine rings is 1. The molecule has 0 aromatic carbocycles. The zero-order valence-electron chi connectivity index (χ0n) is 9.19. The van der Waals surface area contributed by atoms with Crippen LogP contribution in [0.2, 0.25) is 0 Å². The standard InChI is InChI=1S/C11H15N3O2/c1-9(15)13-6-3-7-14-11(16)10-4-2-5-12-8-10/h2,4-5,8H,3,6-7H2,1H3,(H,13,15)(H,14,16). The molecule has 0 saturated carbocycles. The summed E-state index contributed by atoms with van der Waals surface area (Å²) in [6, 6.07) is 3.42. The molecule has 0 bridgehead atoms. The van der Waals surface area contributed by atoms with Gasteiger partial charge in [-0.2, -0.15) is 0 Å². The van der Waals surface area contributed by atoms with Crippen LogP contribution in [0.1, 0.15) is 23.7 Å². The first-order chi connectivity index (χ1) is 7.70. The maximum Gasteiger partial charge on any atom is 0.252 e. The number of carbonyl (C=O) groups excluding carboxylic acids is 2. The number of hydrogen-bond acceptors (Lipinski definition) is 3. The van der Waals surface area contributed by atoms with E-state index in [1.54, 1.807) is 18.3 Å². The van der Waals surface area contributed by atoms with Gasteiger partial charge >= 0.3 is 0 Å². The van der Waals surface area contributed by atoms with Gasteiger partial charge in [-0.15, -0.1) is 0 Å². The summed E-state index contributed by atoms with van der Waals surface area (Å²) in [5.41, 5.74) is 0.544. The number of carbonyl (C=O) groups is 2. The van der Waals surface area contributed by atoms with Crippen LogP contribution in [0.3, 0.4) is 0 Å². The minimum absolute atomic E-state index is 0.0569. The summed E-state index contributed by atoms with van der Waals surface area (Å²) < 4.78 is 0. The molecular formula is C11H15N3O2. The minimum atomic E-state index is -0.143. The van der Waals surface area contributed by atoms with Gasteiger partial charge in [-0.25, -0.2) is 0 Å². The van der Waals surface area contributed by atoms with E-state index in [9.17, 15) is 9.59 Å². The Labute approximate surface area is 94.3 Å². The first kappa shape index (κ1) is 12.2. The molecule has 16 heavy (non-hydrogen) atoms. The lowest BCUT2D eigenvalue weighted by atomic mass is 10.2. The Kier molecular flexibility index (Phi) is 4.98. The highest BCUT2D eigenvalue weighted by Crippen LogP contribution is 1.94. The lowest BCUT2D eigenvalue weighted by Crippen LogP contribution is -2.28. The average Bonchev–Trinajstić information content (AvgIpc) is 2.29. The van der Waals surface area contributed by atoms with Crippen molar-refractivity contribution in [3.63, 3.8) is 0 Å². The second-order valence-electron chi connectivity index (χ2n) is 3.33. The molecule has 1 aromatic rings. The van der Waals surface area contributed by atoms with E-state index in [2.05, 4.69) is 15.6 Å². The van der Waals surface area contributed by atoms with Crippen molar-refractivity contribution in [2.24, 2.45) is 0 Å². The lowest BCUT2D eigenvalue weighted by molar-refractivity contribution is -0.118. The number of nitrogens with zero attached hydrogens (tertiary/aromatic N) is 1. The fourth-order valence-corrected chi connectivity index (χ4v) is 1.15. The molecule has 86 valence electrons. The Bertz CT molecular complexity index is 352. The summed E-state index contributed by atoms with van der Waals surface area (Å²) in [7, 11) is 0. The molecule has 2 amide bonds. The van der Waals surface area contributed by atoms with Crippen LogP contribution in [0.15, 0.2) is 24.5 Å². The van der Waals surface area contributed by atoms with Crippen molar-refractivity contribution >= 4 is 11.8 Å². The molecular weight excluding hydrogens is 206 g/mol. The van der Waals surface area contributed by atoms with Crippen molar-refractivity contribution in [3.8, 4) is 0 Å². The summed E-state index contributed by atoms with van der Waals surface area (Å²) in [4.78, 5) is 25.9. The van der Waals surface area contributed by atoms with Crippen LogP contribution >= 0.6 is 0 Å². The van der Waals surface area contributed by atoms with Crippen molar-refractivity contribution in [3.05, 3.63) is 30.1 Å². The van der Waals surface area contributed by atoms with E-state index in [1.807, 2.05) is 0 Å². The SMILES string of the molecule is CC(=O)NCCCNC(=O)c1cccnc1. The van der Waals surface area contributed by atoms with Crippen molar-refractivity contribution in [1.82, 2.24) is 15.6 Å². The fourth-order valence-electron chi connectivity index (χ4n) is 1.15. The maximum absolute atomic E-state index is 11.5. The van der Waals surface area contributed by atoms with Crippen LogP contribution in [0.5, 0.6) is 0 Å². The van der Waals surface area contributed by atoms with E-state index in [4.69, 9.17) is 0 Å². The van der Waals surface area contributed by atoms with Crippen LogP contribution in [-0.2, 0) is 4.79 Å². The number of aromatic nitrogens is 1. The molecule has 5 nitrogen and oxygen atoms in total. The van der Waals surface area contributed by atoms with Gasteiger partial charge in [0, 0.05) is 32.4 Å². The molecule has 0 aliphatic rings. The van der Waals surface area contributed by atoms with Crippen molar-refractivity contribution < 1.29 is 9.59 Å². The van der Waals surface area contributed by atoms with Gasteiger partial charge in [0.15, 0.2) is 0 Å². The van der Waals surface area contributed by atoms with Crippen molar-refractivity contribution in [1.29, 1.82) is 0 Å². The largest absolute Gasteiger partial charge is 0.356 e. The molecule has 0 saturated heterocycles. The molecule has 1 aromatic heterocycles. The van der Waals surface area contributed by atoms with Gasteiger partial charge in [0.2, 0.25) is 5.91 Å². The Morgan fingerprint density at radius 3 is 2.69 bits per heavy atom. The van der Waals surface area contributed by atoms with Gasteiger partial charge in [0.05, 0.1) is 5.56 Å². The Morgan fingerprint density at radius 2 is 2.06 bits per heavy atom. The molecule has 0 fully saturated rings. The molecule has 0 radical (unpaired) electrons. The van der Waals surface area contributed by atoms with Crippen LogP contribution in [0.25, 0.3) is 0 Å². The molecule has 0 unspecified atom stereocenters. The van der Waals surface area contributed by atoms with E-state index in [1.165, 1.54) is 13.1 Å². The van der Waals surface area contributed by atoms with Crippen molar-refractivity contribution in [2.45, 2.75) is 13.3 Å². The Balaban J connectivity index is 2.19. The first-order valence-corrected chi connectivity index (χ1v) is 5.13. The first-order valence-electron chi connectivity index (χ1n) is 5.13. The fraction of sp³-hybridized carbons (Fsp3) is 0.364. The number of rotatable bonds is 5. The highest BCUT2D eigenvalue weighted by molar-refractivity contribution is 5.93. The third kappa shape index (κ3) is 4.54. The summed E-state index contributed by atoms with van der Waals surface area (Å²) in [5.74, 6) is -0.200. The van der Waals surface area contributed by atoms with E-state index < -0.39 is 0 Å². The zero-order valence-corrected chi connectivity index (χ0v) is 9.19. The van der Waals surface area contributed by atoms with Crippen LogP contribution in [0, 0.1) is 0 Å². The molecule has 5 heteroatoms. The van der Waals surface area contributed by atoms with Gasteiger partial charge < -0.3 is 10.6 Å². The second kappa shape index (κ2) is 6.55. The zero-order chi connectivity index (χ0) is 11.8. The van der Waals surface area contributed by atoms with E-state index in [0.717, 1.165) is 0 Å². The predicted molar refractivity (Wildman–Crippen MR) is 59.9 cm³/mol. The summed E-state index contributed by atoms with van der Waals surface area (Å²) in [5, 5.41) is 5.40. The van der Waals surface area contributed by atoms with Gasteiger partial charge in [-0.3, -0.25) is 14.6 Å². The van der Waals surface area contributed by atoms with Crippen LogP contribution < -0.4 is 10.6 Å². The lowest BCUT2D eigenvalue weighted by Gasteiger charge is -2.05. The maximum atomic E-state index is 11.5. The quantitative estimate of drug-likeness (QED) is 0.704. The van der Waals surface area contributed by atoms with Gasteiger partial charge in [-0.1, -0.05) is 0 Å². The van der Waals surface area contributed by atoms with Gasteiger partial charge in [0.25, 0.3) is 5.91 Å². The van der Waals surface area contributed by atoms with E-state index in [-0.39, 0.29) is 11.8 Å². The predicted octanol–water partition coefficient (Wildman–Crippen LogP) is 0.338. The summed E-state index contributed by atoms with van der Waals surface area (Å²) in [6.45, 7) is 2.57. The molecule has 2 N–H and O–H groups in total. The summed E-state index contributed by atoms with van der Waals surface area (Å²) >= 11 is 0. The van der Waals surface area contributed by atoms with Crippen LogP contribution in [0.4, 0.5) is 0 Å². The molecule has 0 atom stereocenters. The Morgan fingerprint density at radius 1 is 1.31 bits per heavy atom. The number of hydrogen-bond donors (Lipinski definition) is 2. The average molecular weight is 221 g/mol. The third-order valence-corrected chi connectivity index (χ3v) is 1.94. The van der Waals surface area contributed by atoms with Gasteiger partial charge in [-0.05, 0) is 18.6 Å². The van der Waals surface area contributed by atoms with E-state index >= 15 is 0 Å². The highest BCUT2D eigenvalue weighted by Gasteiger charge is 2.03. The second-order valence-corrected chi connectivity index (χ2v) is 3.33. The molecule has 0 aliphatic heterocycles. The molecule has 1 heterocycles. The van der Waals surface area contributed by atoms with Crippen LogP contribution in [-0.4, -0.2) is 29.9 Å².